The molecule has 352 valence electrons. The van der Waals surface area contributed by atoms with Crippen molar-refractivity contribution in [2.45, 2.75) is 57.8 Å². The summed E-state index contributed by atoms with van der Waals surface area (Å²) in [6.45, 7) is 0. The van der Waals surface area contributed by atoms with Crippen LogP contribution in [0, 0.1) is 34.1 Å². The molecule has 18 heteroatoms. The highest BCUT2D eigenvalue weighted by Gasteiger charge is 2.56. The van der Waals surface area contributed by atoms with Gasteiger partial charge in [0.05, 0.1) is 18.3 Å². The number of carbonyl (C=O) groups is 6. The van der Waals surface area contributed by atoms with Gasteiger partial charge in [-0.2, -0.15) is 0 Å². The molecule has 2 aliphatic carbocycles. The lowest BCUT2D eigenvalue weighted by atomic mass is 9.88. The molecule has 0 atom stereocenters. The Bertz CT molecular complexity index is 3030. The average Bonchev–Trinajstić information content (AvgIpc) is 4.23. The van der Waals surface area contributed by atoms with Gasteiger partial charge in [-0.25, -0.2) is 27.5 Å². The van der Waals surface area contributed by atoms with Crippen molar-refractivity contribution < 1.29 is 60.9 Å². The number of aliphatic carboxylic acids is 1. The molecule has 6 aromatic rings. The number of Topliss-reactive ketones (excluding diaryl/α,β-unsaturated/α-hetero) is 3. The number of hydrogen-bond acceptors (Lipinski definition) is 11. The minimum absolute atomic E-state index is 0.0440. The number of fused-ring (bicyclic) bond motifs is 2. The standard InChI is InChI=1S/C26H20F2N2O4.C13H10FN3O2.C12H11FO3/c27-17-4-1-15(2-5-17)12-22(31)26(8-9-26)23(32)13-16-3-6-21(19(28)11-16)34-20-7-10-29-25-18(20)14-24(33)30-25;14-9-5-7(15)1-2-11(9)19-10-3-4-16-13-8(10)6-12(18)17-13;13-9-3-1-8(2-4-9)7-10(14)12(5-6-12)11(15)16/h1-7,10-11H,8-9,12-14H2,(H,29,30,33);1-5H,6,15H2,(H,16,17,18);1-4H,5-7H2,(H,15,16). The molecule has 14 nitrogen and oxygen atoms in total. The van der Waals surface area contributed by atoms with Gasteiger partial charge in [-0.1, -0.05) is 30.3 Å². The van der Waals surface area contributed by atoms with E-state index >= 15 is 0 Å². The molecule has 5 N–H and O–H groups in total. The predicted octanol–water partition coefficient (Wildman–Crippen LogP) is 8.24. The highest BCUT2D eigenvalue weighted by atomic mass is 19.1. The number of nitrogen functional groups attached to an aromatic ring is 1. The number of rotatable bonds is 14. The molecular formula is C51H41F4N5O9. The first-order valence-corrected chi connectivity index (χ1v) is 21.6. The van der Waals surface area contributed by atoms with Gasteiger partial charge in [-0.15, -0.1) is 0 Å². The van der Waals surface area contributed by atoms with Crippen molar-refractivity contribution in [1.29, 1.82) is 0 Å². The Morgan fingerprint density at radius 2 is 0.957 bits per heavy atom. The number of hydrogen-bond donors (Lipinski definition) is 4. The van der Waals surface area contributed by atoms with Gasteiger partial charge >= 0.3 is 5.97 Å². The van der Waals surface area contributed by atoms with Crippen LogP contribution >= 0.6 is 0 Å². The van der Waals surface area contributed by atoms with E-state index in [0.29, 0.717) is 82.3 Å². The molecule has 2 aromatic heterocycles. The van der Waals surface area contributed by atoms with Crippen molar-refractivity contribution in [1.82, 2.24) is 9.97 Å². The zero-order chi connectivity index (χ0) is 49.0. The maximum Gasteiger partial charge on any atom is 0.317 e. The van der Waals surface area contributed by atoms with E-state index in [-0.39, 0.29) is 84.4 Å². The molecular weight excluding hydrogens is 903 g/mol. The Balaban J connectivity index is 0.000000154. The van der Waals surface area contributed by atoms with Crippen LogP contribution in [-0.4, -0.2) is 50.2 Å². The van der Waals surface area contributed by atoms with E-state index in [1.54, 1.807) is 24.3 Å². The molecule has 0 spiro atoms. The summed E-state index contributed by atoms with van der Waals surface area (Å²) < 4.78 is 65.3. The number of nitrogens with two attached hydrogens (primary N) is 1. The number of carboxylic acid groups (broad SMARTS) is 1. The summed E-state index contributed by atoms with van der Waals surface area (Å²) in [6.07, 6.45) is 5.05. The predicted molar refractivity (Wildman–Crippen MR) is 240 cm³/mol. The zero-order valence-corrected chi connectivity index (χ0v) is 36.5. The number of pyridine rings is 2. The fraction of sp³-hybridized carbons (Fsp3) is 0.216. The van der Waals surface area contributed by atoms with E-state index in [4.69, 9.17) is 20.3 Å². The lowest BCUT2D eigenvalue weighted by Crippen LogP contribution is -2.28. The number of halogens is 4. The van der Waals surface area contributed by atoms with Crippen LogP contribution in [-0.2, 0) is 60.9 Å². The van der Waals surface area contributed by atoms with Crippen molar-refractivity contribution in [3.8, 4) is 23.0 Å². The lowest BCUT2D eigenvalue weighted by molar-refractivity contribution is -0.148. The first kappa shape index (κ1) is 47.2. The van der Waals surface area contributed by atoms with Crippen LogP contribution < -0.4 is 25.8 Å². The first-order valence-electron chi connectivity index (χ1n) is 21.6. The fourth-order valence-corrected chi connectivity index (χ4v) is 7.79. The number of carboxylic acids is 1. The van der Waals surface area contributed by atoms with Gasteiger partial charge in [-0.3, -0.25) is 28.8 Å². The number of amides is 2. The molecule has 2 amide bonds. The molecule has 4 aromatic carbocycles. The van der Waals surface area contributed by atoms with E-state index in [1.807, 2.05) is 0 Å². The van der Waals surface area contributed by atoms with E-state index < -0.39 is 28.4 Å². The van der Waals surface area contributed by atoms with Crippen LogP contribution in [0.15, 0.2) is 109 Å². The second-order valence-electron chi connectivity index (χ2n) is 16.9. The summed E-state index contributed by atoms with van der Waals surface area (Å²) in [5.74, 6) is -2.50. The number of aromatic nitrogens is 2. The van der Waals surface area contributed by atoms with Crippen LogP contribution in [0.1, 0.15) is 53.5 Å². The average molecular weight is 944 g/mol. The number of ether oxygens (including phenoxy) is 2. The Hall–Kier alpha value is -8.28. The molecule has 0 radical (unpaired) electrons. The van der Waals surface area contributed by atoms with E-state index in [0.717, 1.165) is 0 Å². The second-order valence-corrected chi connectivity index (χ2v) is 16.9. The van der Waals surface area contributed by atoms with E-state index in [2.05, 4.69) is 20.6 Å². The maximum atomic E-state index is 14.8. The number of nitrogens with zero attached hydrogens (tertiary/aromatic N) is 2. The van der Waals surface area contributed by atoms with Gasteiger partial charge in [0.25, 0.3) is 0 Å². The van der Waals surface area contributed by atoms with Crippen LogP contribution in [0.4, 0.5) is 34.9 Å². The van der Waals surface area contributed by atoms with Crippen molar-refractivity contribution >= 4 is 52.5 Å². The molecule has 69 heavy (non-hydrogen) atoms. The molecule has 2 fully saturated rings. The number of nitrogens with one attached hydrogen (secondary N) is 2. The van der Waals surface area contributed by atoms with E-state index in [9.17, 15) is 46.3 Å². The number of benzene rings is 4. The van der Waals surface area contributed by atoms with Crippen LogP contribution in [0.2, 0.25) is 0 Å². The quantitative estimate of drug-likeness (QED) is 0.0461. The molecule has 0 saturated heterocycles. The summed E-state index contributed by atoms with van der Waals surface area (Å²) in [5, 5.41) is 14.1. The summed E-state index contributed by atoms with van der Waals surface area (Å²) >= 11 is 0. The van der Waals surface area contributed by atoms with Crippen LogP contribution in [0.5, 0.6) is 23.0 Å². The molecule has 2 saturated carbocycles. The molecule has 0 bridgehead atoms. The SMILES string of the molecule is Nc1ccc(Oc2ccnc3c2CC(=O)N3)c(F)c1.O=C(O)C1(C(=O)Cc2ccc(F)cc2)CC1.O=C1Cc2c(Oc3ccc(CC(=O)C4(C(=O)Cc5ccc(F)cc5)CC4)cc3F)ccnc2N1. The van der Waals surface area contributed by atoms with Crippen molar-refractivity contribution in [3.05, 3.63) is 161 Å². The van der Waals surface area contributed by atoms with Crippen LogP contribution in [0.25, 0.3) is 0 Å². The minimum Gasteiger partial charge on any atom is -0.480 e. The topological polar surface area (TPSA) is 217 Å². The highest BCUT2D eigenvalue weighted by Crippen LogP contribution is 2.49. The lowest BCUT2D eigenvalue weighted by Gasteiger charge is -2.14. The maximum absolute atomic E-state index is 14.8. The van der Waals surface area contributed by atoms with Gasteiger partial charge in [0.2, 0.25) is 11.8 Å². The Morgan fingerprint density at radius 1 is 0.551 bits per heavy atom. The number of anilines is 3. The second kappa shape index (κ2) is 19.5. The molecule has 4 aliphatic rings. The third-order valence-corrected chi connectivity index (χ3v) is 12.0. The monoisotopic (exact) mass is 943 g/mol. The summed E-state index contributed by atoms with van der Waals surface area (Å²) in [5.41, 5.74) is 6.51. The van der Waals surface area contributed by atoms with Gasteiger partial charge in [0.1, 0.15) is 40.2 Å². The van der Waals surface area contributed by atoms with E-state index in [1.165, 1.54) is 85.2 Å². The third-order valence-electron chi connectivity index (χ3n) is 12.0. The Morgan fingerprint density at radius 3 is 1.38 bits per heavy atom. The normalized spacial score (nSPS) is 15.1. The minimum atomic E-state index is -1.16. The largest absolute Gasteiger partial charge is 0.480 e. The van der Waals surface area contributed by atoms with Gasteiger partial charge in [-0.05, 0) is 103 Å². The number of ketones is 3. The summed E-state index contributed by atoms with van der Waals surface area (Å²) in [7, 11) is 0. The first-order chi connectivity index (χ1) is 33.0. The number of carbonyl (C=O) groups excluding carboxylic acids is 5. The van der Waals surface area contributed by atoms with Gasteiger partial charge in [0.15, 0.2) is 40.5 Å². The Kier molecular flexibility index (Phi) is 13.4. The smallest absolute Gasteiger partial charge is 0.317 e. The van der Waals surface area contributed by atoms with Crippen molar-refractivity contribution in [2.24, 2.45) is 10.8 Å². The summed E-state index contributed by atoms with van der Waals surface area (Å²) in [6, 6.07) is 22.7. The molecule has 0 unspecified atom stereocenters. The molecule has 4 heterocycles. The highest BCUT2D eigenvalue weighted by molar-refractivity contribution is 6.11. The van der Waals surface area contributed by atoms with Crippen LogP contribution in [0.3, 0.4) is 0 Å². The third kappa shape index (κ3) is 10.8. The fourth-order valence-electron chi connectivity index (χ4n) is 7.79. The summed E-state index contributed by atoms with van der Waals surface area (Å²) in [4.78, 5) is 79.4. The van der Waals surface area contributed by atoms with Gasteiger partial charge in [0, 0.05) is 54.5 Å². The van der Waals surface area contributed by atoms with Gasteiger partial charge < -0.3 is 30.9 Å². The zero-order valence-electron chi connectivity index (χ0n) is 36.5. The molecule has 2 aliphatic heterocycles. The Labute approximate surface area is 390 Å². The van der Waals surface area contributed by atoms with Crippen molar-refractivity contribution in [2.75, 3.05) is 16.4 Å². The molecule has 10 rings (SSSR count). The van der Waals surface area contributed by atoms with Crippen molar-refractivity contribution in [3.63, 3.8) is 0 Å².